The molecule has 0 aliphatic carbocycles. The lowest BCUT2D eigenvalue weighted by molar-refractivity contribution is 0.249. The Kier molecular flexibility index (Phi) is 7.31. The Balaban J connectivity index is 1.35. The molecule has 0 amide bonds. The first-order chi connectivity index (χ1) is 18.7. The molecule has 0 N–H and O–H groups in total. The summed E-state index contributed by atoms with van der Waals surface area (Å²) < 4.78 is 7.18. The van der Waals surface area contributed by atoms with Crippen molar-refractivity contribution >= 4 is 33.3 Å². The quantitative estimate of drug-likeness (QED) is 0.170. The van der Waals surface area contributed by atoms with Gasteiger partial charge in [-0.15, -0.1) is 11.3 Å². The van der Waals surface area contributed by atoms with E-state index in [-0.39, 0.29) is 5.56 Å². The Hall–Kier alpha value is -3.39. The minimum absolute atomic E-state index is 0.0652. The van der Waals surface area contributed by atoms with E-state index in [4.69, 9.17) is 9.72 Å². The molecule has 3 aromatic carbocycles. The second-order valence-corrected chi connectivity index (χ2v) is 11.6. The van der Waals surface area contributed by atoms with E-state index in [2.05, 4.69) is 47.4 Å². The molecule has 0 fully saturated rings. The Labute approximate surface area is 230 Å². The van der Waals surface area contributed by atoms with Crippen LogP contribution >= 0.6 is 23.1 Å². The van der Waals surface area contributed by atoms with Gasteiger partial charge in [-0.3, -0.25) is 14.3 Å². The zero-order valence-electron chi connectivity index (χ0n) is 21.3. The van der Waals surface area contributed by atoms with Crippen molar-refractivity contribution in [2.45, 2.75) is 37.0 Å². The zero-order chi connectivity index (χ0) is 25.9. The molecule has 0 atom stereocenters. The molecule has 0 unspecified atom stereocenters. The average molecular weight is 540 g/mol. The molecule has 6 rings (SSSR count). The Morgan fingerprint density at radius 2 is 1.58 bits per heavy atom. The van der Waals surface area contributed by atoms with Crippen molar-refractivity contribution in [3.8, 4) is 5.75 Å². The molecule has 5 nitrogen and oxygen atoms in total. The van der Waals surface area contributed by atoms with Gasteiger partial charge in [-0.05, 0) is 40.8 Å². The molecule has 2 aromatic heterocycles. The van der Waals surface area contributed by atoms with Gasteiger partial charge in [0.1, 0.15) is 10.6 Å². The summed E-state index contributed by atoms with van der Waals surface area (Å²) in [6, 6.07) is 28.9. The third-order valence-corrected chi connectivity index (χ3v) is 9.12. The number of fused-ring (bicyclic) bond motifs is 3. The third-order valence-electron chi connectivity index (χ3n) is 6.96. The number of nitrogens with zero attached hydrogens (tertiary/aromatic N) is 3. The molecule has 0 saturated carbocycles. The summed E-state index contributed by atoms with van der Waals surface area (Å²) in [5.41, 5.74) is 4.83. The fourth-order valence-corrected chi connectivity index (χ4v) is 7.23. The van der Waals surface area contributed by atoms with Gasteiger partial charge in [0.15, 0.2) is 5.16 Å². The lowest BCUT2D eigenvalue weighted by Gasteiger charge is -2.26. The van der Waals surface area contributed by atoms with Gasteiger partial charge in [0.05, 0.1) is 19.0 Å². The van der Waals surface area contributed by atoms with Crippen LogP contribution in [0.1, 0.15) is 27.1 Å². The van der Waals surface area contributed by atoms with E-state index >= 15 is 0 Å². The van der Waals surface area contributed by atoms with Crippen LogP contribution in [0.15, 0.2) is 94.9 Å². The Morgan fingerprint density at radius 3 is 2.29 bits per heavy atom. The van der Waals surface area contributed by atoms with Crippen molar-refractivity contribution in [2.24, 2.45) is 0 Å². The number of thioether (sulfide) groups is 1. The number of aromatic nitrogens is 2. The molecule has 7 heteroatoms. The van der Waals surface area contributed by atoms with Crippen LogP contribution in [0.4, 0.5) is 0 Å². The van der Waals surface area contributed by atoms with Crippen LogP contribution in [0.5, 0.6) is 5.75 Å². The van der Waals surface area contributed by atoms with Crippen LogP contribution in [-0.4, -0.2) is 28.1 Å². The maximum absolute atomic E-state index is 14.1. The van der Waals surface area contributed by atoms with Gasteiger partial charge in [0.2, 0.25) is 0 Å². The number of hydrogen-bond donors (Lipinski definition) is 0. The number of ether oxygens (including phenoxy) is 1. The smallest absolute Gasteiger partial charge is 0.263 e. The first kappa shape index (κ1) is 24.9. The summed E-state index contributed by atoms with van der Waals surface area (Å²) in [5, 5.41) is 1.57. The summed E-state index contributed by atoms with van der Waals surface area (Å²) in [7, 11) is 1.66. The second kappa shape index (κ2) is 11.2. The molecule has 0 spiro atoms. The maximum Gasteiger partial charge on any atom is 0.263 e. The van der Waals surface area contributed by atoms with Crippen LogP contribution in [0, 0.1) is 0 Å². The molecule has 3 heterocycles. The van der Waals surface area contributed by atoms with Crippen molar-refractivity contribution in [3.63, 3.8) is 0 Å². The van der Waals surface area contributed by atoms with Crippen molar-refractivity contribution in [2.75, 3.05) is 13.7 Å². The van der Waals surface area contributed by atoms with E-state index in [1.807, 2.05) is 47.0 Å². The number of hydrogen-bond acceptors (Lipinski definition) is 6. The normalized spacial score (nSPS) is 13.5. The van der Waals surface area contributed by atoms with Crippen molar-refractivity contribution in [1.82, 2.24) is 14.5 Å². The van der Waals surface area contributed by atoms with Gasteiger partial charge in [-0.1, -0.05) is 84.6 Å². The van der Waals surface area contributed by atoms with Crippen molar-refractivity contribution < 1.29 is 4.74 Å². The highest BCUT2D eigenvalue weighted by Gasteiger charge is 2.25. The summed E-state index contributed by atoms with van der Waals surface area (Å²) in [4.78, 5) is 23.8. The van der Waals surface area contributed by atoms with Gasteiger partial charge >= 0.3 is 0 Å². The van der Waals surface area contributed by atoms with E-state index < -0.39 is 0 Å². The fourth-order valence-electron chi connectivity index (χ4n) is 4.97. The van der Waals surface area contributed by atoms with Gasteiger partial charge < -0.3 is 4.74 Å². The number of benzene rings is 3. The first-order valence-corrected chi connectivity index (χ1v) is 14.6. The highest BCUT2D eigenvalue weighted by Crippen LogP contribution is 2.34. The summed E-state index contributed by atoms with van der Waals surface area (Å²) in [6.45, 7) is 3.20. The lowest BCUT2D eigenvalue weighted by atomic mass is 10.0. The molecule has 192 valence electrons. The SMILES string of the molecule is COc1ccc(Cn2c(SCc3ccccc3)nc3sc4c(c3c2=O)CCN(Cc2ccccc2)C4)cc1. The van der Waals surface area contributed by atoms with Gasteiger partial charge in [-0.2, -0.15) is 0 Å². The average Bonchev–Trinajstić information content (AvgIpc) is 3.33. The van der Waals surface area contributed by atoms with Crippen LogP contribution in [0.3, 0.4) is 0 Å². The first-order valence-electron chi connectivity index (χ1n) is 12.8. The molecule has 0 radical (unpaired) electrons. The zero-order valence-corrected chi connectivity index (χ0v) is 22.9. The van der Waals surface area contributed by atoms with Crippen molar-refractivity contribution in [3.05, 3.63) is 122 Å². The van der Waals surface area contributed by atoms with Gasteiger partial charge in [0, 0.05) is 30.3 Å². The molecule has 5 aromatic rings. The number of thiophene rings is 1. The monoisotopic (exact) mass is 539 g/mol. The molecule has 1 aliphatic heterocycles. The van der Waals surface area contributed by atoms with Gasteiger partial charge in [0.25, 0.3) is 5.56 Å². The minimum Gasteiger partial charge on any atom is -0.497 e. The van der Waals surface area contributed by atoms with E-state index in [1.165, 1.54) is 21.6 Å². The second-order valence-electron chi connectivity index (χ2n) is 9.54. The summed E-state index contributed by atoms with van der Waals surface area (Å²) in [6.07, 6.45) is 0.873. The molecule has 1 aliphatic rings. The Bertz CT molecular complexity index is 1600. The summed E-state index contributed by atoms with van der Waals surface area (Å²) >= 11 is 3.32. The molecular formula is C31H29N3O2S2. The third kappa shape index (κ3) is 5.27. The van der Waals surface area contributed by atoms with Gasteiger partial charge in [-0.25, -0.2) is 4.98 Å². The lowest BCUT2D eigenvalue weighted by Crippen LogP contribution is -2.30. The van der Waals surface area contributed by atoms with Crippen LogP contribution in [-0.2, 0) is 31.8 Å². The van der Waals surface area contributed by atoms with E-state index in [0.717, 1.165) is 58.5 Å². The predicted octanol–water partition coefficient (Wildman–Crippen LogP) is 6.37. The number of methoxy groups -OCH3 is 1. The highest BCUT2D eigenvalue weighted by molar-refractivity contribution is 7.98. The van der Waals surface area contributed by atoms with E-state index in [9.17, 15) is 4.79 Å². The largest absolute Gasteiger partial charge is 0.497 e. The topological polar surface area (TPSA) is 47.4 Å². The number of rotatable bonds is 8. The van der Waals surface area contributed by atoms with Crippen LogP contribution in [0.2, 0.25) is 0 Å². The Morgan fingerprint density at radius 1 is 0.895 bits per heavy atom. The van der Waals surface area contributed by atoms with E-state index in [1.54, 1.807) is 30.2 Å². The molecule has 0 saturated heterocycles. The fraction of sp³-hybridized carbons (Fsp3) is 0.226. The molecular weight excluding hydrogens is 510 g/mol. The summed E-state index contributed by atoms with van der Waals surface area (Å²) in [5.74, 6) is 1.57. The van der Waals surface area contributed by atoms with Crippen molar-refractivity contribution in [1.29, 1.82) is 0 Å². The van der Waals surface area contributed by atoms with Crippen LogP contribution in [0.25, 0.3) is 10.2 Å². The predicted molar refractivity (Wildman–Crippen MR) is 156 cm³/mol. The van der Waals surface area contributed by atoms with E-state index in [0.29, 0.717) is 6.54 Å². The van der Waals surface area contributed by atoms with Crippen LogP contribution < -0.4 is 10.3 Å². The highest BCUT2D eigenvalue weighted by atomic mass is 32.2. The minimum atomic E-state index is 0.0652. The molecule has 0 bridgehead atoms. The standard InChI is InChI=1S/C31H29N3O2S2/c1-36-25-14-12-23(13-15-25)19-34-30(35)28-26-16-17-33(18-22-8-4-2-5-9-22)20-27(26)38-29(28)32-31(34)37-21-24-10-6-3-7-11-24/h2-15H,16-21H2,1H3. The molecule has 38 heavy (non-hydrogen) atoms. The maximum atomic E-state index is 14.1.